The van der Waals surface area contributed by atoms with Gasteiger partial charge in [0.2, 0.25) is 0 Å². The molecule has 102 valence electrons. The van der Waals surface area contributed by atoms with E-state index in [1.807, 2.05) is 0 Å². The molecule has 0 radical (unpaired) electrons. The monoisotopic (exact) mass is 268 g/mol. The van der Waals surface area contributed by atoms with E-state index in [1.165, 1.54) is 0 Å². The van der Waals surface area contributed by atoms with Crippen LogP contribution in [0.25, 0.3) is 0 Å². The minimum Gasteiger partial charge on any atom is -0.272 e. The lowest BCUT2D eigenvalue weighted by Gasteiger charge is -2.70. The van der Waals surface area contributed by atoms with E-state index in [0.717, 1.165) is 12.8 Å². The molecule has 6 aliphatic rings. The molecule has 3 aliphatic carbocycles. The van der Waals surface area contributed by atoms with Gasteiger partial charge < -0.3 is 0 Å². The Morgan fingerprint density at radius 1 is 0.950 bits per heavy atom. The molecule has 4 atom stereocenters. The van der Waals surface area contributed by atoms with Crippen molar-refractivity contribution in [2.45, 2.75) is 31.8 Å². The minimum atomic E-state index is -0.528. The van der Waals surface area contributed by atoms with Crippen LogP contribution in [0.5, 0.6) is 0 Å². The van der Waals surface area contributed by atoms with Crippen molar-refractivity contribution in [1.29, 1.82) is 0 Å². The van der Waals surface area contributed by atoms with Gasteiger partial charge in [0.25, 0.3) is 11.8 Å². The normalized spacial score (nSPS) is 50.1. The van der Waals surface area contributed by atoms with Gasteiger partial charge in [0.05, 0.1) is 12.1 Å². The highest BCUT2D eigenvalue weighted by molar-refractivity contribution is 6.06. The molecule has 20 heavy (non-hydrogen) atoms. The summed E-state index contributed by atoms with van der Waals surface area (Å²) in [6, 6.07) is 0.00713. The molecule has 2 amide bonds. The number of hydrazine groups is 1. The highest BCUT2D eigenvalue weighted by Crippen LogP contribution is 2.68. The Morgan fingerprint density at radius 3 is 1.80 bits per heavy atom. The second kappa shape index (κ2) is 2.92. The van der Waals surface area contributed by atoms with Gasteiger partial charge in [-0.25, -0.2) is 10.0 Å². The number of hydrogen-bond donors (Lipinski definition) is 0. The topological polar surface area (TPSA) is 40.6 Å². The van der Waals surface area contributed by atoms with Gasteiger partial charge in [-0.15, -0.1) is 0 Å². The highest BCUT2D eigenvalue weighted by atomic mass is 16.2. The molecule has 0 spiro atoms. The van der Waals surface area contributed by atoms with E-state index >= 15 is 0 Å². The Labute approximate surface area is 117 Å². The van der Waals surface area contributed by atoms with Crippen LogP contribution in [0.3, 0.4) is 0 Å². The molecule has 0 aromatic rings. The van der Waals surface area contributed by atoms with Gasteiger partial charge in [0.15, 0.2) is 0 Å². The first-order valence-corrected chi connectivity index (χ1v) is 7.32. The maximum absolute atomic E-state index is 12.5. The fraction of sp³-hybridized carbons (Fsp3) is 0.500. The second-order valence-corrected chi connectivity index (χ2v) is 6.66. The smallest absolute Gasteiger partial charge is 0.254 e. The molecule has 2 fully saturated rings. The molecule has 0 aromatic heterocycles. The van der Waals surface area contributed by atoms with E-state index in [9.17, 15) is 9.59 Å². The lowest BCUT2D eigenvalue weighted by molar-refractivity contribution is -0.203. The zero-order valence-corrected chi connectivity index (χ0v) is 11.3. The third kappa shape index (κ3) is 0.799. The molecule has 3 aliphatic heterocycles. The van der Waals surface area contributed by atoms with E-state index in [-0.39, 0.29) is 34.7 Å². The molecule has 2 bridgehead atoms. The number of hydrogen-bond acceptors (Lipinski definition) is 2. The average Bonchev–Trinajstić information content (AvgIpc) is 2.67. The van der Waals surface area contributed by atoms with Crippen LogP contribution in [0.15, 0.2) is 36.5 Å². The molecule has 6 rings (SSSR count). The van der Waals surface area contributed by atoms with Crippen molar-refractivity contribution in [3.05, 3.63) is 36.5 Å². The van der Waals surface area contributed by atoms with E-state index in [0.29, 0.717) is 0 Å². The summed E-state index contributed by atoms with van der Waals surface area (Å²) in [5.74, 6) is -0.598. The van der Waals surface area contributed by atoms with Crippen LogP contribution in [0.2, 0.25) is 0 Å². The first kappa shape index (κ1) is 10.9. The van der Waals surface area contributed by atoms with Gasteiger partial charge in [0.1, 0.15) is 5.92 Å². The maximum atomic E-state index is 12.5. The van der Waals surface area contributed by atoms with Crippen molar-refractivity contribution in [2.75, 3.05) is 0 Å². The summed E-state index contributed by atoms with van der Waals surface area (Å²) in [6.07, 6.45) is 15.2. The summed E-state index contributed by atoms with van der Waals surface area (Å²) < 4.78 is 0. The summed E-state index contributed by atoms with van der Waals surface area (Å²) in [4.78, 5) is 24.9. The highest BCUT2D eigenvalue weighted by Gasteiger charge is 2.72. The fourth-order valence-electron chi connectivity index (χ4n) is 4.98. The van der Waals surface area contributed by atoms with Crippen LogP contribution in [-0.4, -0.2) is 33.9 Å². The number of allylic oxidation sites excluding steroid dienone is 2. The second-order valence-electron chi connectivity index (χ2n) is 6.66. The molecule has 4 nitrogen and oxygen atoms in total. The van der Waals surface area contributed by atoms with Crippen molar-refractivity contribution < 1.29 is 9.59 Å². The molecular formula is C16H16N2O2. The summed E-state index contributed by atoms with van der Waals surface area (Å²) in [7, 11) is 0. The van der Waals surface area contributed by atoms with Crippen LogP contribution in [0, 0.1) is 16.7 Å². The van der Waals surface area contributed by atoms with Gasteiger partial charge in [-0.05, 0) is 19.8 Å². The molecule has 3 heterocycles. The first-order chi connectivity index (χ1) is 9.62. The lowest BCUT2D eigenvalue weighted by Crippen LogP contribution is -2.76. The average molecular weight is 268 g/mol. The van der Waals surface area contributed by atoms with Crippen molar-refractivity contribution in [3.63, 3.8) is 0 Å². The maximum Gasteiger partial charge on any atom is 0.254 e. The van der Waals surface area contributed by atoms with Crippen LogP contribution in [-0.2, 0) is 9.59 Å². The Hall–Kier alpha value is -1.84. The molecular weight excluding hydrogens is 252 g/mol. The fourth-order valence-corrected chi connectivity index (χ4v) is 4.98. The third-order valence-electron chi connectivity index (χ3n) is 6.11. The molecule has 4 heteroatoms. The quantitative estimate of drug-likeness (QED) is 0.492. The zero-order chi connectivity index (χ0) is 13.7. The van der Waals surface area contributed by atoms with E-state index < -0.39 is 5.92 Å². The van der Waals surface area contributed by atoms with Gasteiger partial charge in [0, 0.05) is 10.8 Å². The minimum absolute atomic E-state index is 0.00356. The SMILES string of the molecule is CC1C(=O)N2C3C=CC(N2C1=O)C12C=CC31CC=CC2. The Bertz CT molecular complexity index is 597. The van der Waals surface area contributed by atoms with E-state index in [1.54, 1.807) is 16.9 Å². The first-order valence-electron chi connectivity index (χ1n) is 7.32. The Morgan fingerprint density at radius 2 is 1.40 bits per heavy atom. The number of carbonyl (C=O) groups excluding carboxylic acids is 2. The number of nitrogens with zero attached hydrogens (tertiary/aromatic N) is 2. The van der Waals surface area contributed by atoms with Crippen LogP contribution in [0.1, 0.15) is 19.8 Å². The van der Waals surface area contributed by atoms with Crippen LogP contribution < -0.4 is 0 Å². The summed E-state index contributed by atoms with van der Waals surface area (Å²) in [5, 5.41) is 3.50. The number of carbonyl (C=O) groups is 2. The predicted octanol–water partition coefficient (Wildman–Crippen LogP) is 1.42. The van der Waals surface area contributed by atoms with Crippen molar-refractivity contribution >= 4 is 11.8 Å². The summed E-state index contributed by atoms with van der Waals surface area (Å²) in [5.41, 5.74) is 0.0231. The standard InChI is InChI=1S/C16H16N2O2/c1-10-13(19)17-11-4-5-12(18(17)14(10)20)16-7-3-2-6-15(11,16)8-9-16/h2-5,8-12H,6-7H2,1H3. The zero-order valence-electron chi connectivity index (χ0n) is 11.3. The molecule has 0 N–H and O–H groups in total. The molecule has 4 unspecified atom stereocenters. The molecule has 2 saturated heterocycles. The Kier molecular flexibility index (Phi) is 1.59. The number of amides is 2. The lowest BCUT2D eigenvalue weighted by atomic mass is 9.42. The Balaban J connectivity index is 1.75. The number of rotatable bonds is 0. The van der Waals surface area contributed by atoms with Gasteiger partial charge >= 0.3 is 0 Å². The molecule has 0 aromatic carbocycles. The van der Waals surface area contributed by atoms with E-state index in [2.05, 4.69) is 36.5 Å². The third-order valence-corrected chi connectivity index (χ3v) is 6.11. The van der Waals surface area contributed by atoms with Gasteiger partial charge in [-0.1, -0.05) is 36.5 Å². The molecule has 0 saturated carbocycles. The van der Waals surface area contributed by atoms with Crippen molar-refractivity contribution in [3.8, 4) is 0 Å². The van der Waals surface area contributed by atoms with Crippen LogP contribution in [0.4, 0.5) is 0 Å². The summed E-state index contributed by atoms with van der Waals surface area (Å²) in [6.45, 7) is 1.73. The van der Waals surface area contributed by atoms with Gasteiger partial charge in [-0.3, -0.25) is 9.59 Å². The van der Waals surface area contributed by atoms with Crippen molar-refractivity contribution in [1.82, 2.24) is 10.0 Å². The predicted molar refractivity (Wildman–Crippen MR) is 72.0 cm³/mol. The van der Waals surface area contributed by atoms with E-state index in [4.69, 9.17) is 0 Å². The van der Waals surface area contributed by atoms with Crippen LogP contribution >= 0.6 is 0 Å². The van der Waals surface area contributed by atoms with Crippen molar-refractivity contribution in [2.24, 2.45) is 16.7 Å². The largest absolute Gasteiger partial charge is 0.272 e. The van der Waals surface area contributed by atoms with Gasteiger partial charge in [-0.2, -0.15) is 0 Å². The summed E-state index contributed by atoms with van der Waals surface area (Å²) >= 11 is 0.